The van der Waals surface area contributed by atoms with Crippen LogP contribution in [-0.4, -0.2) is 33.9 Å². The Labute approximate surface area is 126 Å². The Morgan fingerprint density at radius 2 is 2.00 bits per heavy atom. The van der Waals surface area contributed by atoms with Crippen molar-refractivity contribution in [2.24, 2.45) is 5.41 Å². The van der Waals surface area contributed by atoms with Crippen molar-refractivity contribution in [2.45, 2.75) is 37.1 Å². The summed E-state index contributed by atoms with van der Waals surface area (Å²) >= 11 is 0. The summed E-state index contributed by atoms with van der Waals surface area (Å²) in [6, 6.07) is 7.54. The van der Waals surface area contributed by atoms with Gasteiger partial charge in [-0.25, -0.2) is 8.42 Å². The lowest BCUT2D eigenvalue weighted by molar-refractivity contribution is 0.0227. The van der Waals surface area contributed by atoms with Crippen molar-refractivity contribution < 1.29 is 13.2 Å². The number of sulfone groups is 1. The summed E-state index contributed by atoms with van der Waals surface area (Å²) in [5.41, 5.74) is 1.18. The Hall–Kier alpha value is -0.910. The summed E-state index contributed by atoms with van der Waals surface area (Å²) in [4.78, 5) is 0.505. The summed E-state index contributed by atoms with van der Waals surface area (Å²) in [5, 5.41) is 3.61. The monoisotopic (exact) mass is 309 g/mol. The van der Waals surface area contributed by atoms with E-state index in [4.69, 9.17) is 4.74 Å². The predicted octanol–water partition coefficient (Wildman–Crippen LogP) is 2.31. The second-order valence-corrected chi connectivity index (χ2v) is 8.58. The molecule has 0 spiro atoms. The van der Waals surface area contributed by atoms with Gasteiger partial charge in [-0.05, 0) is 36.3 Å². The average molecular weight is 309 g/mol. The fourth-order valence-corrected chi connectivity index (χ4v) is 4.83. The van der Waals surface area contributed by atoms with E-state index in [1.807, 2.05) is 12.1 Å². The minimum Gasteiger partial charge on any atom is -0.381 e. The van der Waals surface area contributed by atoms with Crippen molar-refractivity contribution in [2.75, 3.05) is 25.5 Å². The molecular formula is C16H23NO3S. The lowest BCUT2D eigenvalue weighted by atomic mass is 9.82. The molecule has 1 aromatic rings. The van der Waals surface area contributed by atoms with E-state index in [1.165, 1.54) is 0 Å². The topological polar surface area (TPSA) is 55.4 Å². The molecule has 4 nitrogen and oxygen atoms in total. The van der Waals surface area contributed by atoms with Crippen LogP contribution in [0.5, 0.6) is 0 Å². The van der Waals surface area contributed by atoms with Gasteiger partial charge in [0.05, 0.1) is 10.6 Å². The Bertz CT molecular complexity index is 606. The second kappa shape index (κ2) is 5.71. The standard InChI is InChI=1S/C16H23NO3S/c1-16(7-9-20-10-8-16)12-17-14-6-11-21(18,19)15-5-3-2-4-13(14)15/h2-5,14,17H,6-12H2,1H3. The molecule has 21 heavy (non-hydrogen) atoms. The van der Waals surface area contributed by atoms with Crippen LogP contribution in [0.2, 0.25) is 0 Å². The maximum Gasteiger partial charge on any atom is 0.178 e. The highest BCUT2D eigenvalue weighted by atomic mass is 32.2. The van der Waals surface area contributed by atoms with Gasteiger partial charge < -0.3 is 10.1 Å². The third-order valence-electron chi connectivity index (χ3n) is 4.78. The largest absolute Gasteiger partial charge is 0.381 e. The maximum absolute atomic E-state index is 12.1. The van der Waals surface area contributed by atoms with Gasteiger partial charge in [0.15, 0.2) is 9.84 Å². The molecule has 0 aromatic heterocycles. The smallest absolute Gasteiger partial charge is 0.178 e. The van der Waals surface area contributed by atoms with Crippen LogP contribution in [-0.2, 0) is 14.6 Å². The first kappa shape index (κ1) is 15.0. The molecular weight excluding hydrogens is 286 g/mol. The van der Waals surface area contributed by atoms with Gasteiger partial charge in [-0.2, -0.15) is 0 Å². The predicted molar refractivity (Wildman–Crippen MR) is 82.0 cm³/mol. The molecule has 116 valence electrons. The Kier molecular flexibility index (Phi) is 4.08. The van der Waals surface area contributed by atoms with E-state index in [0.717, 1.165) is 38.2 Å². The van der Waals surface area contributed by atoms with Crippen molar-refractivity contribution in [3.05, 3.63) is 29.8 Å². The summed E-state index contributed by atoms with van der Waals surface area (Å²) in [6.07, 6.45) is 2.78. The third kappa shape index (κ3) is 3.15. The summed E-state index contributed by atoms with van der Waals surface area (Å²) < 4.78 is 29.7. The fourth-order valence-electron chi connectivity index (χ4n) is 3.21. The lowest BCUT2D eigenvalue weighted by Gasteiger charge is -2.36. The Morgan fingerprint density at radius 3 is 2.76 bits per heavy atom. The molecule has 2 aliphatic rings. The van der Waals surface area contributed by atoms with Crippen LogP contribution in [0.15, 0.2) is 29.2 Å². The molecule has 1 unspecified atom stereocenters. The normalized spacial score (nSPS) is 27.0. The van der Waals surface area contributed by atoms with Crippen LogP contribution < -0.4 is 5.32 Å². The second-order valence-electron chi connectivity index (χ2n) is 6.50. The van der Waals surface area contributed by atoms with Crippen LogP contribution in [0.1, 0.15) is 37.8 Å². The maximum atomic E-state index is 12.1. The molecule has 0 saturated carbocycles. The fraction of sp³-hybridized carbons (Fsp3) is 0.625. The number of fused-ring (bicyclic) bond motifs is 1. The van der Waals surface area contributed by atoms with Crippen LogP contribution in [0.4, 0.5) is 0 Å². The number of hydrogen-bond acceptors (Lipinski definition) is 4. The minimum atomic E-state index is -3.09. The van der Waals surface area contributed by atoms with Gasteiger partial charge in [-0.15, -0.1) is 0 Å². The molecule has 0 radical (unpaired) electrons. The molecule has 1 atom stereocenters. The first-order valence-corrected chi connectivity index (χ1v) is 9.28. The summed E-state index contributed by atoms with van der Waals surface area (Å²) in [7, 11) is -3.09. The molecule has 2 aliphatic heterocycles. The molecule has 1 aromatic carbocycles. The van der Waals surface area contributed by atoms with Gasteiger partial charge in [-0.3, -0.25) is 0 Å². The highest BCUT2D eigenvalue weighted by Gasteiger charge is 2.32. The zero-order valence-electron chi connectivity index (χ0n) is 12.5. The minimum absolute atomic E-state index is 0.143. The van der Waals surface area contributed by atoms with Gasteiger partial charge in [-0.1, -0.05) is 25.1 Å². The van der Waals surface area contributed by atoms with Crippen LogP contribution in [0.25, 0.3) is 0 Å². The SMILES string of the molecule is CC1(CNC2CCS(=O)(=O)c3ccccc32)CCOCC1. The van der Waals surface area contributed by atoms with E-state index < -0.39 is 9.84 Å². The zero-order chi connectivity index (χ0) is 14.9. The van der Waals surface area contributed by atoms with Crippen LogP contribution in [0.3, 0.4) is 0 Å². The number of rotatable bonds is 3. The Morgan fingerprint density at radius 1 is 1.29 bits per heavy atom. The van der Waals surface area contributed by atoms with Gasteiger partial charge >= 0.3 is 0 Å². The number of hydrogen-bond donors (Lipinski definition) is 1. The van der Waals surface area contributed by atoms with Crippen LogP contribution in [0, 0.1) is 5.41 Å². The first-order valence-electron chi connectivity index (χ1n) is 7.63. The van der Waals surface area contributed by atoms with Gasteiger partial charge in [0, 0.05) is 25.8 Å². The third-order valence-corrected chi connectivity index (χ3v) is 6.59. The molecule has 3 rings (SSSR count). The summed E-state index contributed by atoms with van der Waals surface area (Å²) in [5.74, 6) is 0.238. The quantitative estimate of drug-likeness (QED) is 0.931. The molecule has 1 saturated heterocycles. The van der Waals surface area contributed by atoms with Crippen molar-refractivity contribution in [1.29, 1.82) is 0 Å². The van der Waals surface area contributed by atoms with E-state index >= 15 is 0 Å². The van der Waals surface area contributed by atoms with Gasteiger partial charge in [0.2, 0.25) is 0 Å². The van der Waals surface area contributed by atoms with E-state index in [1.54, 1.807) is 12.1 Å². The molecule has 5 heteroatoms. The van der Waals surface area contributed by atoms with Crippen molar-refractivity contribution in [1.82, 2.24) is 5.32 Å². The highest BCUT2D eigenvalue weighted by molar-refractivity contribution is 7.91. The van der Waals surface area contributed by atoms with Gasteiger partial charge in [0.1, 0.15) is 0 Å². The van der Waals surface area contributed by atoms with Crippen molar-refractivity contribution in [3.63, 3.8) is 0 Å². The molecule has 0 aliphatic carbocycles. The average Bonchev–Trinajstić information content (AvgIpc) is 2.47. The molecule has 1 fully saturated rings. The molecule has 2 heterocycles. The molecule has 0 amide bonds. The van der Waals surface area contributed by atoms with Gasteiger partial charge in [0.25, 0.3) is 0 Å². The zero-order valence-corrected chi connectivity index (χ0v) is 13.3. The Balaban J connectivity index is 1.75. The van der Waals surface area contributed by atoms with E-state index in [-0.39, 0.29) is 17.2 Å². The number of benzene rings is 1. The number of ether oxygens (including phenoxy) is 1. The first-order chi connectivity index (χ1) is 10.0. The lowest BCUT2D eigenvalue weighted by Crippen LogP contribution is -2.40. The number of nitrogens with one attached hydrogen (secondary N) is 1. The van der Waals surface area contributed by atoms with Crippen molar-refractivity contribution >= 4 is 9.84 Å². The summed E-state index contributed by atoms with van der Waals surface area (Å²) in [6.45, 7) is 4.85. The van der Waals surface area contributed by atoms with E-state index in [9.17, 15) is 8.42 Å². The van der Waals surface area contributed by atoms with Crippen molar-refractivity contribution in [3.8, 4) is 0 Å². The van der Waals surface area contributed by atoms with E-state index in [2.05, 4.69) is 12.2 Å². The molecule has 1 N–H and O–H groups in total. The highest BCUT2D eigenvalue weighted by Crippen LogP contribution is 2.34. The molecule has 0 bridgehead atoms. The van der Waals surface area contributed by atoms with Crippen LogP contribution >= 0.6 is 0 Å². The van der Waals surface area contributed by atoms with E-state index in [0.29, 0.717) is 11.3 Å².